The average Bonchev–Trinajstić information content (AvgIpc) is 1.63. The molecule has 0 aromatic heterocycles. The van der Waals surface area contributed by atoms with E-state index in [-0.39, 0.29) is 6.15 Å². The molecule has 0 aromatic carbocycles. The summed E-state index contributed by atoms with van der Waals surface area (Å²) < 4.78 is 0. The molecule has 0 saturated carbocycles. The van der Waals surface area contributed by atoms with E-state index in [1.54, 1.807) is 0 Å². The first-order valence-corrected chi connectivity index (χ1v) is 2.84. The lowest BCUT2D eigenvalue weighted by molar-refractivity contribution is 0.0451. The second-order valence-corrected chi connectivity index (χ2v) is 2.98. The highest BCUT2D eigenvalue weighted by atomic mass is 15.2. The fourth-order valence-corrected chi connectivity index (χ4v) is 0.783. The predicted octanol–water partition coefficient (Wildman–Crippen LogP) is 1.26. The van der Waals surface area contributed by atoms with Crippen molar-refractivity contribution < 1.29 is 0 Å². The number of likely N-dealkylation sites (tertiary alicyclic amines) is 1. The highest BCUT2D eigenvalue weighted by Crippen LogP contribution is 2.26. The molecule has 1 aliphatic heterocycles. The maximum absolute atomic E-state index is 2.37. The second-order valence-electron chi connectivity index (χ2n) is 2.98. The van der Waals surface area contributed by atoms with Crippen LogP contribution >= 0.6 is 0 Å². The molecule has 1 fully saturated rings. The van der Waals surface area contributed by atoms with Gasteiger partial charge in [-0.2, -0.15) is 0 Å². The van der Waals surface area contributed by atoms with E-state index in [0.29, 0.717) is 5.54 Å². The normalized spacial score (nSPS) is 25.9. The Morgan fingerprint density at radius 1 is 1.38 bits per heavy atom. The summed E-state index contributed by atoms with van der Waals surface area (Å²) in [5.74, 6) is 0. The minimum absolute atomic E-state index is 0. The molecule has 0 atom stereocenters. The van der Waals surface area contributed by atoms with Gasteiger partial charge in [0.25, 0.3) is 0 Å². The van der Waals surface area contributed by atoms with Crippen molar-refractivity contribution in [3.8, 4) is 0 Å². The first-order chi connectivity index (χ1) is 3.13. The van der Waals surface area contributed by atoms with Crippen molar-refractivity contribution in [2.45, 2.75) is 25.8 Å². The molecule has 1 aliphatic rings. The van der Waals surface area contributed by atoms with Gasteiger partial charge in [0, 0.05) is 12.1 Å². The van der Waals surface area contributed by atoms with Crippen molar-refractivity contribution in [2.24, 2.45) is 0 Å². The zero-order valence-corrected chi connectivity index (χ0v) is 6.07. The van der Waals surface area contributed by atoms with Gasteiger partial charge in [-0.25, -0.2) is 0 Å². The van der Waals surface area contributed by atoms with Gasteiger partial charge in [0.2, 0.25) is 0 Å². The molecule has 3 N–H and O–H groups in total. The lowest BCUT2D eigenvalue weighted by atomic mass is 9.90. The van der Waals surface area contributed by atoms with E-state index < -0.39 is 0 Å². The van der Waals surface area contributed by atoms with Gasteiger partial charge in [0.1, 0.15) is 0 Å². The van der Waals surface area contributed by atoms with Crippen molar-refractivity contribution in [1.29, 1.82) is 0 Å². The Kier molecular flexibility index (Phi) is 2.01. The van der Waals surface area contributed by atoms with E-state index >= 15 is 0 Å². The summed E-state index contributed by atoms with van der Waals surface area (Å²) in [7, 11) is 2.17. The predicted molar refractivity (Wildman–Crippen MR) is 36.3 cm³/mol. The van der Waals surface area contributed by atoms with Crippen LogP contribution in [0.1, 0.15) is 20.3 Å². The first-order valence-electron chi connectivity index (χ1n) is 2.84. The van der Waals surface area contributed by atoms with Crippen molar-refractivity contribution in [2.75, 3.05) is 13.6 Å². The van der Waals surface area contributed by atoms with Gasteiger partial charge in [-0.1, -0.05) is 0 Å². The molecule has 0 spiro atoms. The quantitative estimate of drug-likeness (QED) is 0.517. The highest BCUT2D eigenvalue weighted by molar-refractivity contribution is 4.88. The van der Waals surface area contributed by atoms with Crippen LogP contribution in [0.3, 0.4) is 0 Å². The van der Waals surface area contributed by atoms with Gasteiger partial charge < -0.3 is 11.1 Å². The van der Waals surface area contributed by atoms with Crippen LogP contribution in [0.5, 0.6) is 0 Å². The van der Waals surface area contributed by atoms with Crippen LogP contribution in [0.4, 0.5) is 0 Å². The number of hydrogen-bond acceptors (Lipinski definition) is 2. The molecular formula is C6H16N2. The van der Waals surface area contributed by atoms with Crippen molar-refractivity contribution in [1.82, 2.24) is 11.1 Å². The molecule has 0 amide bonds. The third kappa shape index (κ3) is 1.01. The molecule has 2 nitrogen and oxygen atoms in total. The molecule has 50 valence electrons. The third-order valence-corrected chi connectivity index (χ3v) is 2.09. The van der Waals surface area contributed by atoms with Gasteiger partial charge in [-0.3, -0.25) is 0 Å². The minimum Gasteiger partial charge on any atom is -0.344 e. The Bertz CT molecular complexity index is 78.6. The van der Waals surface area contributed by atoms with Crippen LogP contribution in [0.2, 0.25) is 0 Å². The van der Waals surface area contributed by atoms with E-state index in [0.717, 1.165) is 0 Å². The summed E-state index contributed by atoms with van der Waals surface area (Å²) in [6, 6.07) is 0. The Balaban J connectivity index is 0.000000490. The number of hydrogen-bond donors (Lipinski definition) is 1. The van der Waals surface area contributed by atoms with E-state index in [2.05, 4.69) is 25.8 Å². The van der Waals surface area contributed by atoms with E-state index in [1.807, 2.05) is 0 Å². The smallest absolute Gasteiger partial charge is 0.0162 e. The molecule has 0 aromatic rings. The molecule has 1 rings (SSSR count). The zero-order valence-electron chi connectivity index (χ0n) is 6.07. The van der Waals surface area contributed by atoms with Gasteiger partial charge >= 0.3 is 0 Å². The first kappa shape index (κ1) is 7.92. The Labute approximate surface area is 51.5 Å². The van der Waals surface area contributed by atoms with E-state index in [4.69, 9.17) is 0 Å². The van der Waals surface area contributed by atoms with Crippen LogP contribution in [0.25, 0.3) is 0 Å². The summed E-state index contributed by atoms with van der Waals surface area (Å²) in [5, 5.41) is 0. The monoisotopic (exact) mass is 116 g/mol. The molecular weight excluding hydrogens is 100 g/mol. The zero-order chi connectivity index (χ0) is 5.49. The maximum atomic E-state index is 2.37. The van der Waals surface area contributed by atoms with Crippen LogP contribution < -0.4 is 6.15 Å². The van der Waals surface area contributed by atoms with E-state index in [9.17, 15) is 0 Å². The van der Waals surface area contributed by atoms with Crippen LogP contribution in [-0.2, 0) is 0 Å². The molecule has 8 heavy (non-hydrogen) atoms. The summed E-state index contributed by atoms with van der Waals surface area (Å²) in [6.45, 7) is 5.83. The maximum Gasteiger partial charge on any atom is 0.0162 e. The van der Waals surface area contributed by atoms with Crippen molar-refractivity contribution in [3.63, 3.8) is 0 Å². The lowest BCUT2D eigenvalue weighted by Crippen LogP contribution is -2.52. The Morgan fingerprint density at radius 3 is 1.75 bits per heavy atom. The van der Waals surface area contributed by atoms with Gasteiger partial charge in [-0.05, 0) is 27.3 Å². The summed E-state index contributed by atoms with van der Waals surface area (Å²) in [4.78, 5) is 2.37. The van der Waals surface area contributed by atoms with E-state index in [1.165, 1.54) is 13.0 Å². The Hall–Kier alpha value is -0.0800. The fraction of sp³-hybridized carbons (Fsp3) is 1.00. The molecule has 1 heterocycles. The van der Waals surface area contributed by atoms with Crippen LogP contribution in [-0.4, -0.2) is 24.0 Å². The third-order valence-electron chi connectivity index (χ3n) is 2.09. The number of rotatable bonds is 0. The molecule has 1 saturated heterocycles. The SMILES string of the molecule is CN1CCC1(C)C.N. The molecule has 0 aliphatic carbocycles. The second kappa shape index (κ2) is 2.03. The van der Waals surface area contributed by atoms with Crippen LogP contribution in [0.15, 0.2) is 0 Å². The lowest BCUT2D eigenvalue weighted by Gasteiger charge is -2.45. The molecule has 0 unspecified atom stereocenters. The van der Waals surface area contributed by atoms with Gasteiger partial charge in [0.05, 0.1) is 0 Å². The highest BCUT2D eigenvalue weighted by Gasteiger charge is 2.31. The minimum atomic E-state index is 0. The molecule has 0 radical (unpaired) electrons. The van der Waals surface area contributed by atoms with Gasteiger partial charge in [0.15, 0.2) is 0 Å². The Morgan fingerprint density at radius 2 is 1.75 bits per heavy atom. The summed E-state index contributed by atoms with van der Waals surface area (Å²) in [5.41, 5.74) is 0.514. The molecule has 0 bridgehead atoms. The topological polar surface area (TPSA) is 38.2 Å². The summed E-state index contributed by atoms with van der Waals surface area (Å²) in [6.07, 6.45) is 1.36. The van der Waals surface area contributed by atoms with Crippen molar-refractivity contribution in [3.05, 3.63) is 0 Å². The molecule has 2 heteroatoms. The standard InChI is InChI=1S/C6H13N.H3N/c1-6(2)4-5-7(6)3;/h4-5H2,1-3H3;1H3. The van der Waals surface area contributed by atoms with Crippen molar-refractivity contribution >= 4 is 0 Å². The number of nitrogens with zero attached hydrogens (tertiary/aromatic N) is 1. The fourth-order valence-electron chi connectivity index (χ4n) is 0.783. The van der Waals surface area contributed by atoms with Gasteiger partial charge in [-0.15, -0.1) is 0 Å². The largest absolute Gasteiger partial charge is 0.344 e. The summed E-state index contributed by atoms with van der Waals surface area (Å²) >= 11 is 0. The average molecular weight is 116 g/mol. The van der Waals surface area contributed by atoms with Crippen LogP contribution in [0, 0.1) is 0 Å².